The summed E-state index contributed by atoms with van der Waals surface area (Å²) in [6.07, 6.45) is -3.67. The van der Waals surface area contributed by atoms with Gasteiger partial charge in [-0.25, -0.2) is 0 Å². The number of anilines is 1. The van der Waals surface area contributed by atoms with Gasteiger partial charge in [-0.1, -0.05) is 35.9 Å². The van der Waals surface area contributed by atoms with Gasteiger partial charge in [0.1, 0.15) is 0 Å². The Kier molecular flexibility index (Phi) is 5.55. The molecule has 8 heteroatoms. The molecule has 2 nitrogen and oxygen atoms in total. The van der Waals surface area contributed by atoms with Gasteiger partial charge in [0.2, 0.25) is 0 Å². The molecular formula is C21H16ClF3N2S2. The molecule has 1 aliphatic heterocycles. The fourth-order valence-electron chi connectivity index (χ4n) is 3.57. The zero-order chi connectivity index (χ0) is 20.6. The van der Waals surface area contributed by atoms with Crippen LogP contribution in [0.4, 0.5) is 18.9 Å². The zero-order valence-electron chi connectivity index (χ0n) is 15.0. The lowest BCUT2D eigenvalue weighted by atomic mass is 9.93. The van der Waals surface area contributed by atoms with Crippen molar-refractivity contribution in [2.24, 2.45) is 0 Å². The number of alkyl halides is 3. The van der Waals surface area contributed by atoms with Crippen LogP contribution in [0.5, 0.6) is 0 Å². The second-order valence-corrected chi connectivity index (χ2v) is 8.49. The Bertz CT molecular complexity index is 1030. The first kappa shape index (κ1) is 20.2. The molecule has 0 radical (unpaired) electrons. The second kappa shape index (κ2) is 7.97. The van der Waals surface area contributed by atoms with Crippen molar-refractivity contribution in [3.63, 3.8) is 0 Å². The molecular weight excluding hydrogens is 437 g/mol. The highest BCUT2D eigenvalue weighted by molar-refractivity contribution is 7.80. The smallest absolute Gasteiger partial charge is 0.337 e. The van der Waals surface area contributed by atoms with Crippen molar-refractivity contribution >= 4 is 46.0 Å². The summed E-state index contributed by atoms with van der Waals surface area (Å²) in [6.45, 7) is 0.612. The van der Waals surface area contributed by atoms with Gasteiger partial charge in [-0.3, -0.25) is 0 Å². The van der Waals surface area contributed by atoms with Crippen LogP contribution in [0.25, 0.3) is 0 Å². The van der Waals surface area contributed by atoms with Crippen LogP contribution in [0.1, 0.15) is 27.6 Å². The van der Waals surface area contributed by atoms with Crippen LogP contribution in [0.3, 0.4) is 0 Å². The largest absolute Gasteiger partial charge is 0.418 e. The van der Waals surface area contributed by atoms with E-state index < -0.39 is 11.7 Å². The number of halogens is 4. The van der Waals surface area contributed by atoms with E-state index in [0.29, 0.717) is 11.6 Å². The Morgan fingerprint density at radius 3 is 2.55 bits per heavy atom. The molecule has 0 spiro atoms. The van der Waals surface area contributed by atoms with Gasteiger partial charge in [-0.15, -0.1) is 11.3 Å². The lowest BCUT2D eigenvalue weighted by molar-refractivity contribution is -0.136. The Morgan fingerprint density at radius 2 is 1.83 bits per heavy atom. The van der Waals surface area contributed by atoms with Gasteiger partial charge in [-0.2, -0.15) is 13.2 Å². The van der Waals surface area contributed by atoms with Crippen molar-refractivity contribution < 1.29 is 13.2 Å². The summed E-state index contributed by atoms with van der Waals surface area (Å²) in [5, 5.41) is 5.76. The van der Waals surface area contributed by atoms with Crippen LogP contribution in [0.2, 0.25) is 5.02 Å². The Labute approximate surface area is 180 Å². The first-order chi connectivity index (χ1) is 13.8. The standard InChI is InChI=1S/C21H16ClF3N2S2/c22-14-7-5-13(6-8-14)19-15-10-12-29-18(15)9-11-27(19)20(28)26-17-4-2-1-3-16(17)21(23,24)25/h1-8,10,12,19H,9,11H2,(H,26,28). The molecule has 1 atom stereocenters. The van der Waals surface area contributed by atoms with Crippen molar-refractivity contribution in [2.45, 2.75) is 18.6 Å². The summed E-state index contributed by atoms with van der Waals surface area (Å²) < 4.78 is 40.1. The van der Waals surface area contributed by atoms with Crippen LogP contribution in [-0.4, -0.2) is 16.6 Å². The summed E-state index contributed by atoms with van der Waals surface area (Å²) >= 11 is 13.3. The first-order valence-electron chi connectivity index (χ1n) is 8.90. The molecule has 1 aliphatic rings. The number of hydrogen-bond acceptors (Lipinski definition) is 2. The third kappa shape index (κ3) is 4.13. The lowest BCUT2D eigenvalue weighted by Crippen LogP contribution is -2.42. The summed E-state index contributed by atoms with van der Waals surface area (Å²) in [5.74, 6) is 0. The van der Waals surface area contributed by atoms with E-state index in [2.05, 4.69) is 11.4 Å². The predicted molar refractivity (Wildman–Crippen MR) is 116 cm³/mol. The fraction of sp³-hybridized carbons (Fsp3) is 0.190. The minimum atomic E-state index is -4.46. The van der Waals surface area contributed by atoms with Crippen LogP contribution in [0.15, 0.2) is 60.0 Å². The molecule has 2 heterocycles. The quantitative estimate of drug-likeness (QED) is 0.432. The summed E-state index contributed by atoms with van der Waals surface area (Å²) in [5.41, 5.74) is 1.33. The van der Waals surface area contributed by atoms with Gasteiger partial charge in [0.15, 0.2) is 5.11 Å². The number of benzene rings is 2. The van der Waals surface area contributed by atoms with Gasteiger partial charge in [-0.05, 0) is 65.5 Å². The van der Waals surface area contributed by atoms with Crippen LogP contribution in [-0.2, 0) is 12.6 Å². The monoisotopic (exact) mass is 452 g/mol. The topological polar surface area (TPSA) is 15.3 Å². The molecule has 3 aromatic rings. The van der Waals surface area contributed by atoms with Crippen LogP contribution >= 0.6 is 35.2 Å². The minimum absolute atomic E-state index is 0.0454. The fourth-order valence-corrected chi connectivity index (χ4v) is 4.90. The molecule has 1 N–H and O–H groups in total. The van der Waals surface area contributed by atoms with Gasteiger partial charge in [0, 0.05) is 16.4 Å². The molecule has 0 amide bonds. The normalized spacial score (nSPS) is 16.4. The van der Waals surface area contributed by atoms with E-state index in [1.807, 2.05) is 34.5 Å². The van der Waals surface area contributed by atoms with E-state index >= 15 is 0 Å². The number of rotatable bonds is 2. The van der Waals surface area contributed by atoms with E-state index in [-0.39, 0.29) is 16.8 Å². The molecule has 0 saturated carbocycles. The van der Waals surface area contributed by atoms with Crippen LogP contribution in [0, 0.1) is 0 Å². The van der Waals surface area contributed by atoms with Crippen molar-refractivity contribution in [1.29, 1.82) is 0 Å². The maximum atomic E-state index is 13.4. The van der Waals surface area contributed by atoms with Gasteiger partial charge >= 0.3 is 6.18 Å². The predicted octanol–water partition coefficient (Wildman–Crippen LogP) is 6.76. The highest BCUT2D eigenvalue weighted by atomic mass is 35.5. The maximum Gasteiger partial charge on any atom is 0.418 e. The third-order valence-electron chi connectivity index (χ3n) is 4.89. The van der Waals surface area contributed by atoms with Crippen molar-refractivity contribution in [3.05, 3.63) is 86.6 Å². The Balaban J connectivity index is 1.68. The highest BCUT2D eigenvalue weighted by Gasteiger charge is 2.35. The summed E-state index contributed by atoms with van der Waals surface area (Å²) in [7, 11) is 0. The zero-order valence-corrected chi connectivity index (χ0v) is 17.4. The SMILES string of the molecule is FC(F)(F)c1ccccc1NC(=S)N1CCc2sccc2C1c1ccc(Cl)cc1. The highest BCUT2D eigenvalue weighted by Crippen LogP contribution is 2.39. The number of hydrogen-bond donors (Lipinski definition) is 1. The Morgan fingerprint density at radius 1 is 1.10 bits per heavy atom. The van der Waals surface area contributed by atoms with Crippen LogP contribution < -0.4 is 5.32 Å². The average molecular weight is 453 g/mol. The molecule has 150 valence electrons. The molecule has 2 aromatic carbocycles. The first-order valence-corrected chi connectivity index (χ1v) is 10.6. The molecule has 0 saturated heterocycles. The van der Waals surface area contributed by atoms with Gasteiger partial charge in [0.05, 0.1) is 17.3 Å². The van der Waals surface area contributed by atoms with E-state index in [9.17, 15) is 13.2 Å². The molecule has 0 bridgehead atoms. The van der Waals surface area contributed by atoms with Crippen molar-refractivity contribution in [1.82, 2.24) is 4.90 Å². The van der Waals surface area contributed by atoms with E-state index in [1.54, 1.807) is 17.4 Å². The molecule has 1 aromatic heterocycles. The van der Waals surface area contributed by atoms with E-state index in [4.69, 9.17) is 23.8 Å². The van der Waals surface area contributed by atoms with Crippen molar-refractivity contribution in [2.75, 3.05) is 11.9 Å². The third-order valence-corrected chi connectivity index (χ3v) is 6.47. The molecule has 4 rings (SSSR count). The average Bonchev–Trinajstić information content (AvgIpc) is 3.16. The number of thiophene rings is 1. The van der Waals surface area contributed by atoms with E-state index in [1.165, 1.54) is 17.0 Å². The van der Waals surface area contributed by atoms with Crippen molar-refractivity contribution in [3.8, 4) is 0 Å². The summed E-state index contributed by atoms with van der Waals surface area (Å²) in [4.78, 5) is 3.21. The second-order valence-electron chi connectivity index (χ2n) is 6.67. The van der Waals surface area contributed by atoms with Gasteiger partial charge in [0.25, 0.3) is 0 Å². The molecule has 1 unspecified atom stereocenters. The molecule has 29 heavy (non-hydrogen) atoms. The minimum Gasteiger partial charge on any atom is -0.337 e. The van der Waals surface area contributed by atoms with E-state index in [0.717, 1.165) is 23.6 Å². The lowest BCUT2D eigenvalue weighted by Gasteiger charge is -2.38. The molecule has 0 aliphatic carbocycles. The Hall–Kier alpha value is -2.09. The number of fused-ring (bicyclic) bond motifs is 1. The molecule has 0 fully saturated rings. The maximum absolute atomic E-state index is 13.4. The number of thiocarbonyl (C=S) groups is 1. The summed E-state index contributed by atoms with van der Waals surface area (Å²) in [6, 6.07) is 14.7. The number of nitrogens with zero attached hydrogens (tertiary/aromatic N) is 1. The number of para-hydroxylation sites is 1. The van der Waals surface area contributed by atoms with Gasteiger partial charge < -0.3 is 10.2 Å². The number of nitrogens with one attached hydrogen (secondary N) is 1.